The van der Waals surface area contributed by atoms with Gasteiger partial charge >= 0.3 is 12.3 Å². The second-order valence-corrected chi connectivity index (χ2v) is 15.1. The van der Waals surface area contributed by atoms with E-state index in [1.54, 1.807) is 11.0 Å². The number of ether oxygens (including phenoxy) is 2. The number of sulfonamides is 1. The highest BCUT2D eigenvalue weighted by Gasteiger charge is 2.45. The molecule has 2 bridgehead atoms. The minimum atomic E-state index is -4.56. The third-order valence-electron chi connectivity index (χ3n) is 8.76. The van der Waals surface area contributed by atoms with E-state index in [1.165, 1.54) is 4.31 Å². The van der Waals surface area contributed by atoms with E-state index in [1.807, 2.05) is 43.9 Å². The van der Waals surface area contributed by atoms with Crippen molar-refractivity contribution in [2.45, 2.75) is 81.3 Å². The van der Waals surface area contributed by atoms with Crippen LogP contribution >= 0.6 is 0 Å². The van der Waals surface area contributed by atoms with Crippen LogP contribution in [0.3, 0.4) is 0 Å². The molecule has 0 saturated carbocycles. The van der Waals surface area contributed by atoms with Crippen LogP contribution in [-0.4, -0.2) is 89.5 Å². The number of hydrogen-bond acceptors (Lipinski definition) is 6. The van der Waals surface area contributed by atoms with Gasteiger partial charge in [-0.15, -0.1) is 0 Å². The number of benzene rings is 2. The van der Waals surface area contributed by atoms with E-state index >= 15 is 0 Å². The lowest BCUT2D eigenvalue weighted by atomic mass is 10.00. The Morgan fingerprint density at radius 1 is 0.891 bits per heavy atom. The molecule has 0 radical (unpaired) electrons. The van der Waals surface area contributed by atoms with E-state index in [0.29, 0.717) is 24.3 Å². The number of piperidine rings is 1. The minimum Gasteiger partial charge on any atom is -0.490 e. The molecule has 248 valence electrons. The van der Waals surface area contributed by atoms with Crippen molar-refractivity contribution >= 4 is 32.9 Å². The standard InChI is InChI=1S/C32H37F3N4O6S/c1-31(2,3)45-30(41)39-22-6-7-23(39)19-25(18-22)44-24-8-11-27-20(16-24)17-28(36-27)29(40)37-12-14-38(15-13-37)46(42,43)26-9-4-21(5-10-26)32(33,34)35/h4-5,8-11,16-17,22-23,25,36H,6-7,12-15,18-19H2,1-3H3/t22-,23+,25+. The van der Waals surface area contributed by atoms with Gasteiger partial charge in [0.05, 0.1) is 10.5 Å². The van der Waals surface area contributed by atoms with Gasteiger partial charge in [0.2, 0.25) is 10.0 Å². The van der Waals surface area contributed by atoms with E-state index < -0.39 is 27.4 Å². The normalized spacial score (nSPS) is 22.7. The van der Waals surface area contributed by atoms with Gasteiger partial charge in [-0.1, -0.05) is 0 Å². The van der Waals surface area contributed by atoms with Gasteiger partial charge in [-0.2, -0.15) is 17.5 Å². The molecule has 3 aliphatic rings. The van der Waals surface area contributed by atoms with Gasteiger partial charge in [0.1, 0.15) is 23.1 Å². The molecule has 1 aromatic heterocycles. The molecule has 0 spiro atoms. The summed E-state index contributed by atoms with van der Waals surface area (Å²) < 4.78 is 77.9. The van der Waals surface area contributed by atoms with E-state index in [9.17, 15) is 31.2 Å². The summed E-state index contributed by atoms with van der Waals surface area (Å²) in [5, 5.41) is 0.790. The Balaban J connectivity index is 1.06. The van der Waals surface area contributed by atoms with E-state index in [0.717, 1.165) is 48.0 Å². The largest absolute Gasteiger partial charge is 0.490 e. The van der Waals surface area contributed by atoms with E-state index in [-0.39, 0.29) is 61.3 Å². The van der Waals surface area contributed by atoms with Crippen molar-refractivity contribution in [3.63, 3.8) is 0 Å². The van der Waals surface area contributed by atoms with Crippen LogP contribution in [0.25, 0.3) is 10.9 Å². The number of hydrogen-bond donors (Lipinski definition) is 1. The first-order valence-corrected chi connectivity index (χ1v) is 16.8. The number of alkyl halides is 3. The van der Waals surface area contributed by atoms with Crippen molar-refractivity contribution < 1.29 is 40.7 Å². The summed E-state index contributed by atoms with van der Waals surface area (Å²) in [6.45, 7) is 5.88. The predicted octanol–water partition coefficient (Wildman–Crippen LogP) is 5.64. The fraction of sp³-hybridized carbons (Fsp3) is 0.500. The molecule has 4 heterocycles. The van der Waals surface area contributed by atoms with Crippen LogP contribution in [0.1, 0.15) is 62.5 Å². The summed E-state index contributed by atoms with van der Waals surface area (Å²) in [6, 6.07) is 10.9. The van der Waals surface area contributed by atoms with Gasteiger partial charge in [0.15, 0.2) is 0 Å². The lowest BCUT2D eigenvalue weighted by molar-refractivity contribution is -0.137. The topological polar surface area (TPSA) is 112 Å². The third-order valence-corrected chi connectivity index (χ3v) is 10.7. The van der Waals surface area contributed by atoms with Crippen LogP contribution in [0.4, 0.5) is 18.0 Å². The molecule has 3 saturated heterocycles. The number of H-pyrrole nitrogens is 1. The Labute approximate surface area is 265 Å². The van der Waals surface area contributed by atoms with Crippen LogP contribution in [0.5, 0.6) is 5.75 Å². The molecule has 14 heteroatoms. The van der Waals surface area contributed by atoms with Crippen LogP contribution in [0.2, 0.25) is 0 Å². The van der Waals surface area contributed by atoms with Gasteiger partial charge in [0.25, 0.3) is 5.91 Å². The van der Waals surface area contributed by atoms with Gasteiger partial charge in [0, 0.05) is 62.0 Å². The second-order valence-electron chi connectivity index (χ2n) is 13.1. The smallest absolute Gasteiger partial charge is 0.416 e. The van der Waals surface area contributed by atoms with Crippen molar-refractivity contribution in [2.75, 3.05) is 26.2 Å². The number of carbonyl (C=O) groups is 2. The maximum atomic E-state index is 13.3. The summed E-state index contributed by atoms with van der Waals surface area (Å²) in [7, 11) is -4.01. The minimum absolute atomic E-state index is 0.0159. The Bertz CT molecular complexity index is 1710. The first-order valence-electron chi connectivity index (χ1n) is 15.4. The van der Waals surface area contributed by atoms with E-state index in [2.05, 4.69) is 4.98 Å². The number of nitrogens with one attached hydrogen (secondary N) is 1. The van der Waals surface area contributed by atoms with Gasteiger partial charge in [-0.25, -0.2) is 13.2 Å². The quantitative estimate of drug-likeness (QED) is 0.379. The lowest BCUT2D eigenvalue weighted by Crippen LogP contribution is -2.50. The molecule has 6 rings (SSSR count). The summed E-state index contributed by atoms with van der Waals surface area (Å²) in [5.74, 6) is 0.388. The SMILES string of the molecule is CC(C)(C)OC(=O)N1[C@@H]2CC[C@H]1C[C@@H](Oc1ccc3[nH]c(C(=O)N4CCN(S(=O)(=O)c5ccc(C(F)(F)F)cc5)CC4)cc3c1)C2. The van der Waals surface area contributed by atoms with Gasteiger partial charge in [-0.05, 0) is 82.1 Å². The number of fused-ring (bicyclic) bond motifs is 3. The van der Waals surface area contributed by atoms with Crippen LogP contribution in [0.15, 0.2) is 53.4 Å². The lowest BCUT2D eigenvalue weighted by Gasteiger charge is -2.39. The highest BCUT2D eigenvalue weighted by atomic mass is 32.2. The highest BCUT2D eigenvalue weighted by Crippen LogP contribution is 2.39. The molecule has 0 aliphatic carbocycles. The van der Waals surface area contributed by atoms with Gasteiger partial charge in [-0.3, -0.25) is 4.79 Å². The Morgan fingerprint density at radius 2 is 1.52 bits per heavy atom. The number of rotatable bonds is 5. The van der Waals surface area contributed by atoms with Crippen LogP contribution < -0.4 is 4.74 Å². The summed E-state index contributed by atoms with van der Waals surface area (Å²) in [4.78, 5) is 32.5. The monoisotopic (exact) mass is 662 g/mol. The molecule has 46 heavy (non-hydrogen) atoms. The number of piperazine rings is 1. The molecule has 3 aromatic rings. The summed E-state index contributed by atoms with van der Waals surface area (Å²) in [6.07, 6.45) is -1.62. The number of nitrogens with zero attached hydrogens (tertiary/aromatic N) is 3. The fourth-order valence-corrected chi connectivity index (χ4v) is 8.02. The molecule has 2 amide bonds. The molecule has 3 fully saturated rings. The average molecular weight is 663 g/mol. The van der Waals surface area contributed by atoms with Crippen molar-refractivity contribution in [1.29, 1.82) is 0 Å². The Hall–Kier alpha value is -3.78. The second kappa shape index (κ2) is 11.8. The van der Waals surface area contributed by atoms with E-state index in [4.69, 9.17) is 9.47 Å². The maximum Gasteiger partial charge on any atom is 0.416 e. The summed E-state index contributed by atoms with van der Waals surface area (Å²) >= 11 is 0. The van der Waals surface area contributed by atoms with Crippen molar-refractivity contribution in [1.82, 2.24) is 19.1 Å². The average Bonchev–Trinajstić information content (AvgIpc) is 3.53. The molecule has 1 N–H and O–H groups in total. The molecule has 3 aliphatic heterocycles. The first-order chi connectivity index (χ1) is 21.6. The highest BCUT2D eigenvalue weighted by molar-refractivity contribution is 7.89. The zero-order valence-electron chi connectivity index (χ0n) is 25.8. The third kappa shape index (κ3) is 6.55. The molecule has 10 nitrogen and oxygen atoms in total. The maximum absolute atomic E-state index is 13.3. The molecule has 3 atom stereocenters. The van der Waals surface area contributed by atoms with Crippen molar-refractivity contribution in [3.05, 3.63) is 59.8 Å². The van der Waals surface area contributed by atoms with Crippen molar-refractivity contribution in [2.24, 2.45) is 0 Å². The number of aromatic nitrogens is 1. The van der Waals surface area contributed by atoms with Crippen LogP contribution in [0, 0.1) is 0 Å². The van der Waals surface area contributed by atoms with Crippen LogP contribution in [-0.2, 0) is 20.9 Å². The molecular weight excluding hydrogens is 625 g/mol. The number of aromatic amines is 1. The number of carbonyl (C=O) groups excluding carboxylic acids is 2. The summed E-state index contributed by atoms with van der Waals surface area (Å²) in [5.41, 5.74) is -0.371. The van der Waals surface area contributed by atoms with Crippen molar-refractivity contribution in [3.8, 4) is 5.75 Å². The zero-order valence-corrected chi connectivity index (χ0v) is 26.7. The fourth-order valence-electron chi connectivity index (χ4n) is 6.59. The molecule has 0 unspecified atom stereocenters. The molecule has 2 aromatic carbocycles. The predicted molar refractivity (Wildman–Crippen MR) is 163 cm³/mol. The molecular formula is C32H37F3N4O6S. The Morgan fingerprint density at radius 3 is 2.11 bits per heavy atom. The Kier molecular flexibility index (Phi) is 8.24. The number of amides is 2. The zero-order chi connectivity index (χ0) is 33.0. The number of halogens is 3. The first kappa shape index (κ1) is 32.2. The van der Waals surface area contributed by atoms with Gasteiger partial charge < -0.3 is 24.3 Å².